The summed E-state index contributed by atoms with van der Waals surface area (Å²) in [6.07, 6.45) is 1.74. The number of amides is 1. The molecule has 0 saturated carbocycles. The first-order chi connectivity index (χ1) is 12.9. The van der Waals surface area contributed by atoms with Gasteiger partial charge in [0.2, 0.25) is 11.7 Å². The minimum absolute atomic E-state index is 0.0575. The van der Waals surface area contributed by atoms with E-state index in [1.54, 1.807) is 35.5 Å². The highest BCUT2D eigenvalue weighted by atomic mass is 19.1. The van der Waals surface area contributed by atoms with Crippen molar-refractivity contribution >= 4 is 11.7 Å². The number of alkyl halides is 1. The molecule has 2 N–H and O–H groups in total. The summed E-state index contributed by atoms with van der Waals surface area (Å²) in [7, 11) is 0.500. The van der Waals surface area contributed by atoms with Gasteiger partial charge in [-0.25, -0.2) is 4.98 Å². The van der Waals surface area contributed by atoms with Gasteiger partial charge >= 0.3 is 0 Å². The number of anilines is 1. The van der Waals surface area contributed by atoms with Crippen LogP contribution in [0.25, 0.3) is 0 Å². The molecule has 8 heteroatoms. The van der Waals surface area contributed by atoms with Crippen LogP contribution in [0.5, 0.6) is 5.75 Å². The van der Waals surface area contributed by atoms with Gasteiger partial charge in [-0.15, -0.1) is 0 Å². The van der Waals surface area contributed by atoms with Crippen molar-refractivity contribution in [2.45, 2.75) is 27.2 Å². The second-order valence-electron chi connectivity index (χ2n) is 6.19. The Morgan fingerprint density at radius 2 is 1.96 bits per heavy atom. The maximum absolute atomic E-state index is 12.4. The van der Waals surface area contributed by atoms with Gasteiger partial charge in [0, 0.05) is 18.3 Å². The molecule has 27 heavy (non-hydrogen) atoms. The van der Waals surface area contributed by atoms with Gasteiger partial charge in [0.05, 0.1) is 13.6 Å². The van der Waals surface area contributed by atoms with Gasteiger partial charge in [-0.05, 0) is 30.5 Å². The van der Waals surface area contributed by atoms with Gasteiger partial charge < -0.3 is 5.11 Å². The molecule has 2 rings (SSSR count). The topological polar surface area (TPSA) is 102 Å². The lowest BCUT2D eigenvalue weighted by molar-refractivity contribution is -0.120. The predicted molar refractivity (Wildman–Crippen MR) is 101 cm³/mol. The second kappa shape index (κ2) is 10.7. The quantitative estimate of drug-likeness (QED) is 0.755. The average Bonchev–Trinajstić information content (AvgIpc) is 2.65. The molecule has 144 valence electrons. The summed E-state index contributed by atoms with van der Waals surface area (Å²) in [5, 5.41) is 20.0. The Labute approximate surface area is 158 Å². The summed E-state index contributed by atoms with van der Waals surface area (Å²) < 4.78 is 9.50. The van der Waals surface area contributed by atoms with Crippen molar-refractivity contribution in [3.8, 4) is 11.8 Å². The summed E-state index contributed by atoms with van der Waals surface area (Å²) in [6, 6.07) is 8.40. The van der Waals surface area contributed by atoms with E-state index in [1.807, 2.05) is 26.8 Å². The summed E-state index contributed by atoms with van der Waals surface area (Å²) in [4.78, 5) is 20.6. The van der Waals surface area contributed by atoms with E-state index in [-0.39, 0.29) is 29.8 Å². The molecule has 1 aromatic carbocycles. The zero-order chi connectivity index (χ0) is 20.4. The first-order valence-electron chi connectivity index (χ1n) is 8.35. The molecule has 0 bridgehead atoms. The Balaban J connectivity index is 0.00000176. The normalized spacial score (nSPS) is 9.81. The van der Waals surface area contributed by atoms with E-state index < -0.39 is 0 Å². The number of nitrogens with one attached hydrogen (secondary N) is 1. The number of aryl methyl sites for hydroxylation is 1. The molecule has 0 atom stereocenters. The molecule has 7 nitrogen and oxygen atoms in total. The molecular formula is C19H24FN5O2. The minimum atomic E-state index is -0.206. The fourth-order valence-corrected chi connectivity index (χ4v) is 2.30. The predicted octanol–water partition coefficient (Wildman–Crippen LogP) is 2.68. The number of halogens is 1. The number of nitrogens with zero attached hydrogens (tertiary/aromatic N) is 4. The highest BCUT2D eigenvalue weighted by Crippen LogP contribution is 2.16. The number of nitriles is 1. The lowest BCUT2D eigenvalue weighted by Gasteiger charge is -2.27. The number of carbonyl (C=O) groups excluding carboxylic acids is 1. The van der Waals surface area contributed by atoms with Crippen LogP contribution in [0, 0.1) is 24.2 Å². The number of carbonyl (C=O) groups is 1. The molecule has 0 aliphatic carbocycles. The lowest BCUT2D eigenvalue weighted by atomic mass is 10.1. The van der Waals surface area contributed by atoms with E-state index in [0.717, 1.165) is 11.1 Å². The summed E-state index contributed by atoms with van der Waals surface area (Å²) in [5.74, 6) is 0.796. The number of phenols is 1. The Bertz CT molecular complexity index is 788. The first-order valence-corrected chi connectivity index (χ1v) is 8.35. The van der Waals surface area contributed by atoms with Gasteiger partial charge in [-0.3, -0.25) is 19.6 Å². The molecule has 2 aromatic rings. The van der Waals surface area contributed by atoms with Crippen molar-refractivity contribution in [1.82, 2.24) is 15.4 Å². The first kappa shape index (κ1) is 21.8. The van der Waals surface area contributed by atoms with E-state index >= 15 is 0 Å². The van der Waals surface area contributed by atoms with Gasteiger partial charge in [0.15, 0.2) is 5.82 Å². The molecule has 0 unspecified atom stereocenters. The van der Waals surface area contributed by atoms with Crippen molar-refractivity contribution in [3.05, 3.63) is 47.4 Å². The molecular weight excluding hydrogens is 349 g/mol. The highest BCUT2D eigenvalue weighted by Gasteiger charge is 2.17. The number of hydrogen-bond donors (Lipinski definition) is 2. The van der Waals surface area contributed by atoms with Crippen LogP contribution in [0.2, 0.25) is 0 Å². The number of aromatic nitrogens is 2. The molecule has 0 aliphatic rings. The van der Waals surface area contributed by atoms with Crippen LogP contribution in [0.1, 0.15) is 30.8 Å². The summed E-state index contributed by atoms with van der Waals surface area (Å²) in [6.45, 7) is 6.43. The van der Waals surface area contributed by atoms with E-state index in [9.17, 15) is 14.3 Å². The smallest absolute Gasteiger partial charge is 0.242 e. The van der Waals surface area contributed by atoms with Gasteiger partial charge in [0.1, 0.15) is 11.8 Å². The van der Waals surface area contributed by atoms with Crippen LogP contribution in [-0.2, 0) is 11.2 Å². The van der Waals surface area contributed by atoms with Crippen molar-refractivity contribution in [2.24, 2.45) is 5.92 Å². The van der Waals surface area contributed by atoms with E-state index in [4.69, 9.17) is 5.26 Å². The van der Waals surface area contributed by atoms with E-state index in [2.05, 4.69) is 15.4 Å². The van der Waals surface area contributed by atoms with Gasteiger partial charge in [0.25, 0.3) is 0 Å². The van der Waals surface area contributed by atoms with E-state index in [1.165, 1.54) is 0 Å². The zero-order valence-corrected chi connectivity index (χ0v) is 15.9. The maximum Gasteiger partial charge on any atom is 0.242 e. The number of phenolic OH excluding ortho intramolecular Hbond substituents is 1. The van der Waals surface area contributed by atoms with Gasteiger partial charge in [-0.2, -0.15) is 10.2 Å². The zero-order valence-electron chi connectivity index (χ0n) is 15.9. The number of rotatable bonds is 6. The van der Waals surface area contributed by atoms with Crippen molar-refractivity contribution in [2.75, 3.05) is 18.7 Å². The van der Waals surface area contributed by atoms with Crippen molar-refractivity contribution < 1.29 is 14.3 Å². The van der Waals surface area contributed by atoms with Crippen LogP contribution < -0.4 is 10.4 Å². The largest absolute Gasteiger partial charge is 0.508 e. The third-order valence-electron chi connectivity index (χ3n) is 3.41. The molecule has 1 amide bonds. The fraction of sp³-hybridized carbons (Fsp3) is 0.368. The van der Waals surface area contributed by atoms with Crippen molar-refractivity contribution in [1.29, 1.82) is 5.26 Å². The molecule has 0 saturated heterocycles. The van der Waals surface area contributed by atoms with Crippen molar-refractivity contribution in [3.63, 3.8) is 0 Å². The monoisotopic (exact) mass is 373 g/mol. The Hall–Kier alpha value is -3.21. The number of hydrazine groups is 1. The molecule has 0 radical (unpaired) electrons. The third kappa shape index (κ3) is 6.90. The summed E-state index contributed by atoms with van der Waals surface area (Å²) >= 11 is 0. The van der Waals surface area contributed by atoms with E-state index in [0.29, 0.717) is 19.5 Å². The Morgan fingerprint density at radius 1 is 1.33 bits per heavy atom. The third-order valence-corrected chi connectivity index (χ3v) is 3.41. The Kier molecular flexibility index (Phi) is 8.66. The molecule has 0 fully saturated rings. The minimum Gasteiger partial charge on any atom is -0.508 e. The standard InChI is InChI=1S/C18H21N5O2.CH3F/c1-12(2)11-23(18-13(3)10-20-16(9-19)21-18)22-17(25)8-14-4-6-15(24)7-5-14;1-2/h4-7,10,12,24H,8,11H2,1-3H3,(H,22,25);1H3. The van der Waals surface area contributed by atoms with Crippen LogP contribution in [0.15, 0.2) is 30.5 Å². The fourth-order valence-electron chi connectivity index (χ4n) is 2.30. The molecule has 1 aromatic heterocycles. The lowest BCUT2D eigenvalue weighted by Crippen LogP contribution is -2.46. The summed E-state index contributed by atoms with van der Waals surface area (Å²) in [5.41, 5.74) is 4.41. The Morgan fingerprint density at radius 3 is 2.52 bits per heavy atom. The molecule has 0 aliphatic heterocycles. The number of aromatic hydroxyl groups is 1. The SMILES string of the molecule is CF.Cc1cnc(C#N)nc1N(CC(C)C)NC(=O)Cc1ccc(O)cc1. The maximum atomic E-state index is 12.4. The van der Waals surface area contributed by atoms with Gasteiger partial charge in [-0.1, -0.05) is 26.0 Å². The van der Waals surface area contributed by atoms with Crippen LogP contribution in [-0.4, -0.2) is 34.7 Å². The second-order valence-corrected chi connectivity index (χ2v) is 6.19. The number of benzene rings is 1. The number of hydrogen-bond acceptors (Lipinski definition) is 6. The average molecular weight is 373 g/mol. The highest BCUT2D eigenvalue weighted by molar-refractivity contribution is 5.80. The van der Waals surface area contributed by atoms with Crippen LogP contribution >= 0.6 is 0 Å². The van der Waals surface area contributed by atoms with Crippen LogP contribution in [0.3, 0.4) is 0 Å². The molecule has 1 heterocycles. The molecule has 0 spiro atoms. The van der Waals surface area contributed by atoms with Crippen LogP contribution in [0.4, 0.5) is 10.2 Å².